The Morgan fingerprint density at radius 1 is 1.39 bits per heavy atom. The number of rotatable bonds is 3. The number of hydrogen-bond acceptors (Lipinski definition) is 2. The van der Waals surface area contributed by atoms with E-state index in [0.29, 0.717) is 5.41 Å². The summed E-state index contributed by atoms with van der Waals surface area (Å²) in [6, 6.07) is 6.47. The third kappa shape index (κ3) is 1.74. The normalized spacial score (nSPS) is 17.9. The largest absolute Gasteiger partial charge is 0.331 e. The molecule has 1 aliphatic carbocycles. The molecule has 1 aromatic heterocycles. The second kappa shape index (κ2) is 4.09. The highest BCUT2D eigenvalue weighted by atomic mass is 15.1. The SMILES string of the molecule is Cc1ccc2c(c1)nc(CC1(CN)CCC1)n2C. The summed E-state index contributed by atoms with van der Waals surface area (Å²) in [6.45, 7) is 2.90. The van der Waals surface area contributed by atoms with Crippen LogP contribution in [-0.2, 0) is 13.5 Å². The molecule has 3 heteroatoms. The van der Waals surface area contributed by atoms with E-state index in [-0.39, 0.29) is 0 Å². The number of nitrogens with two attached hydrogens (primary N) is 1. The number of nitrogens with zero attached hydrogens (tertiary/aromatic N) is 2. The molecule has 0 saturated heterocycles. The molecule has 96 valence electrons. The van der Waals surface area contributed by atoms with Gasteiger partial charge in [0.2, 0.25) is 0 Å². The number of hydrogen-bond donors (Lipinski definition) is 1. The van der Waals surface area contributed by atoms with Crippen molar-refractivity contribution in [1.82, 2.24) is 9.55 Å². The van der Waals surface area contributed by atoms with E-state index in [2.05, 4.69) is 36.7 Å². The van der Waals surface area contributed by atoms with Crippen LogP contribution in [0.3, 0.4) is 0 Å². The second-order valence-corrected chi connectivity index (χ2v) is 5.81. The summed E-state index contributed by atoms with van der Waals surface area (Å²) >= 11 is 0. The Labute approximate surface area is 108 Å². The standard InChI is InChI=1S/C15H21N3/c1-11-4-5-13-12(8-11)17-14(18(13)2)9-15(10-16)6-3-7-15/h4-5,8H,3,6-7,9-10,16H2,1-2H3. The molecule has 0 aliphatic heterocycles. The van der Waals surface area contributed by atoms with Crippen molar-refractivity contribution in [3.05, 3.63) is 29.6 Å². The van der Waals surface area contributed by atoms with E-state index < -0.39 is 0 Å². The van der Waals surface area contributed by atoms with Crippen LogP contribution in [0.1, 0.15) is 30.7 Å². The maximum absolute atomic E-state index is 5.95. The van der Waals surface area contributed by atoms with Crippen molar-refractivity contribution in [2.75, 3.05) is 6.54 Å². The molecule has 0 atom stereocenters. The lowest BCUT2D eigenvalue weighted by Crippen LogP contribution is -2.39. The van der Waals surface area contributed by atoms with Gasteiger partial charge in [-0.15, -0.1) is 0 Å². The van der Waals surface area contributed by atoms with Crippen LogP contribution >= 0.6 is 0 Å². The number of aryl methyl sites for hydroxylation is 2. The first-order valence-corrected chi connectivity index (χ1v) is 6.76. The Kier molecular flexibility index (Phi) is 2.67. The van der Waals surface area contributed by atoms with Gasteiger partial charge in [-0.05, 0) is 49.4 Å². The van der Waals surface area contributed by atoms with Crippen molar-refractivity contribution in [3.63, 3.8) is 0 Å². The predicted molar refractivity (Wildman–Crippen MR) is 74.5 cm³/mol. The molecule has 3 rings (SSSR count). The van der Waals surface area contributed by atoms with E-state index in [0.717, 1.165) is 18.5 Å². The van der Waals surface area contributed by atoms with Crippen LogP contribution < -0.4 is 5.73 Å². The summed E-state index contributed by atoms with van der Waals surface area (Å²) in [7, 11) is 2.11. The zero-order chi connectivity index (χ0) is 12.8. The minimum absolute atomic E-state index is 0.324. The summed E-state index contributed by atoms with van der Waals surface area (Å²) in [5, 5.41) is 0. The highest BCUT2D eigenvalue weighted by Crippen LogP contribution is 2.42. The summed E-state index contributed by atoms with van der Waals surface area (Å²) in [5.74, 6) is 1.18. The van der Waals surface area contributed by atoms with Gasteiger partial charge in [0.05, 0.1) is 11.0 Å². The number of aromatic nitrogens is 2. The van der Waals surface area contributed by atoms with Gasteiger partial charge in [-0.25, -0.2) is 4.98 Å². The Morgan fingerprint density at radius 3 is 2.78 bits per heavy atom. The minimum atomic E-state index is 0.324. The fraction of sp³-hybridized carbons (Fsp3) is 0.533. The van der Waals surface area contributed by atoms with Crippen molar-refractivity contribution < 1.29 is 0 Å². The molecule has 3 nitrogen and oxygen atoms in total. The molecule has 0 unspecified atom stereocenters. The molecule has 1 saturated carbocycles. The van der Waals surface area contributed by atoms with E-state index in [1.54, 1.807) is 0 Å². The maximum Gasteiger partial charge on any atom is 0.110 e. The zero-order valence-corrected chi connectivity index (χ0v) is 11.2. The third-order valence-corrected chi connectivity index (χ3v) is 4.51. The van der Waals surface area contributed by atoms with E-state index in [9.17, 15) is 0 Å². The predicted octanol–water partition coefficient (Wildman–Crippen LogP) is 2.55. The quantitative estimate of drug-likeness (QED) is 0.900. The molecule has 1 heterocycles. The Morgan fingerprint density at radius 2 is 2.17 bits per heavy atom. The summed E-state index contributed by atoms with van der Waals surface area (Å²) in [5.41, 5.74) is 9.87. The lowest BCUT2D eigenvalue weighted by molar-refractivity contribution is 0.140. The Hall–Kier alpha value is -1.35. The molecule has 2 N–H and O–H groups in total. The van der Waals surface area contributed by atoms with Crippen molar-refractivity contribution in [1.29, 1.82) is 0 Å². The van der Waals surface area contributed by atoms with Gasteiger partial charge in [-0.3, -0.25) is 0 Å². The van der Waals surface area contributed by atoms with E-state index in [4.69, 9.17) is 10.7 Å². The van der Waals surface area contributed by atoms with E-state index >= 15 is 0 Å². The highest BCUT2D eigenvalue weighted by molar-refractivity contribution is 5.76. The molecule has 1 fully saturated rings. The molecule has 0 bridgehead atoms. The van der Waals surface area contributed by atoms with Crippen molar-refractivity contribution >= 4 is 11.0 Å². The van der Waals surface area contributed by atoms with Crippen LogP contribution in [0.25, 0.3) is 11.0 Å². The number of benzene rings is 1. The monoisotopic (exact) mass is 243 g/mol. The first-order chi connectivity index (χ1) is 8.63. The smallest absolute Gasteiger partial charge is 0.110 e. The van der Waals surface area contributed by atoms with E-state index in [1.165, 1.54) is 36.2 Å². The van der Waals surface area contributed by atoms with Gasteiger partial charge in [-0.1, -0.05) is 12.5 Å². The fourth-order valence-electron chi connectivity index (χ4n) is 2.98. The van der Waals surface area contributed by atoms with Gasteiger partial charge in [0, 0.05) is 13.5 Å². The highest BCUT2D eigenvalue weighted by Gasteiger charge is 2.36. The van der Waals surface area contributed by atoms with Crippen molar-refractivity contribution in [2.45, 2.75) is 32.6 Å². The van der Waals surface area contributed by atoms with Crippen molar-refractivity contribution in [2.24, 2.45) is 18.2 Å². The summed E-state index contributed by atoms with van der Waals surface area (Å²) < 4.78 is 2.23. The zero-order valence-electron chi connectivity index (χ0n) is 11.2. The molecule has 0 spiro atoms. The van der Waals surface area contributed by atoms with Crippen LogP contribution in [0, 0.1) is 12.3 Å². The average molecular weight is 243 g/mol. The Bertz CT molecular complexity index is 573. The van der Waals surface area contributed by atoms with Crippen LogP contribution in [-0.4, -0.2) is 16.1 Å². The number of imidazole rings is 1. The first-order valence-electron chi connectivity index (χ1n) is 6.76. The van der Waals surface area contributed by atoms with Gasteiger partial charge in [0.15, 0.2) is 0 Å². The molecule has 0 amide bonds. The van der Waals surface area contributed by atoms with Gasteiger partial charge in [0.25, 0.3) is 0 Å². The molecule has 1 aliphatic rings. The van der Waals surface area contributed by atoms with Gasteiger partial charge in [0.1, 0.15) is 5.82 Å². The molecule has 2 aromatic rings. The van der Waals surface area contributed by atoms with Crippen LogP contribution in [0.15, 0.2) is 18.2 Å². The first kappa shape index (κ1) is 11.7. The Balaban J connectivity index is 1.99. The third-order valence-electron chi connectivity index (χ3n) is 4.51. The molecule has 0 radical (unpaired) electrons. The van der Waals surface area contributed by atoms with Gasteiger partial charge >= 0.3 is 0 Å². The molecular weight excluding hydrogens is 222 g/mol. The summed E-state index contributed by atoms with van der Waals surface area (Å²) in [6.07, 6.45) is 4.85. The lowest BCUT2D eigenvalue weighted by atomic mass is 9.66. The van der Waals surface area contributed by atoms with Gasteiger partial charge in [-0.2, -0.15) is 0 Å². The van der Waals surface area contributed by atoms with Gasteiger partial charge < -0.3 is 10.3 Å². The topological polar surface area (TPSA) is 43.8 Å². The van der Waals surface area contributed by atoms with Crippen LogP contribution in [0.5, 0.6) is 0 Å². The number of fused-ring (bicyclic) bond motifs is 1. The average Bonchev–Trinajstić information content (AvgIpc) is 2.60. The minimum Gasteiger partial charge on any atom is -0.331 e. The van der Waals surface area contributed by atoms with Crippen LogP contribution in [0.2, 0.25) is 0 Å². The lowest BCUT2D eigenvalue weighted by Gasteiger charge is -2.40. The summed E-state index contributed by atoms with van der Waals surface area (Å²) in [4.78, 5) is 4.80. The molecule has 18 heavy (non-hydrogen) atoms. The second-order valence-electron chi connectivity index (χ2n) is 5.81. The van der Waals surface area contributed by atoms with E-state index in [1.807, 2.05) is 0 Å². The molecule has 1 aromatic carbocycles. The fourth-order valence-corrected chi connectivity index (χ4v) is 2.98. The van der Waals surface area contributed by atoms with Crippen LogP contribution in [0.4, 0.5) is 0 Å². The maximum atomic E-state index is 5.95. The van der Waals surface area contributed by atoms with Crippen molar-refractivity contribution in [3.8, 4) is 0 Å². The molecular formula is C15H21N3.